The molecule has 2 heterocycles. The molecule has 0 unspecified atom stereocenters. The van der Waals surface area contributed by atoms with Crippen molar-refractivity contribution in [2.24, 2.45) is 0 Å². The number of anilines is 1. The van der Waals surface area contributed by atoms with E-state index in [1.54, 1.807) is 14.0 Å². The van der Waals surface area contributed by atoms with Crippen molar-refractivity contribution in [3.63, 3.8) is 0 Å². The third-order valence-corrected chi connectivity index (χ3v) is 5.93. The highest BCUT2D eigenvalue weighted by Gasteiger charge is 2.26. The number of rotatable bonds is 6. The molecule has 4 rings (SSSR count). The molecule has 8 nitrogen and oxygen atoms in total. The number of methoxy groups -OCH3 is 1. The van der Waals surface area contributed by atoms with Gasteiger partial charge in [-0.2, -0.15) is 5.10 Å². The highest BCUT2D eigenvalue weighted by Crippen LogP contribution is 2.29. The van der Waals surface area contributed by atoms with Crippen LogP contribution in [0.3, 0.4) is 0 Å². The Morgan fingerprint density at radius 3 is 2.55 bits per heavy atom. The van der Waals surface area contributed by atoms with E-state index in [2.05, 4.69) is 15.6 Å². The summed E-state index contributed by atoms with van der Waals surface area (Å²) >= 11 is 0. The Kier molecular flexibility index (Phi) is 6.00. The van der Waals surface area contributed by atoms with Gasteiger partial charge < -0.3 is 14.6 Å². The summed E-state index contributed by atoms with van der Waals surface area (Å²) in [6.45, 7) is 7.50. The molecule has 33 heavy (non-hydrogen) atoms. The molecule has 0 spiro atoms. The third-order valence-electron chi connectivity index (χ3n) is 5.93. The lowest BCUT2D eigenvalue weighted by atomic mass is 10.1. The van der Waals surface area contributed by atoms with Gasteiger partial charge in [0.05, 0.1) is 12.5 Å². The van der Waals surface area contributed by atoms with Gasteiger partial charge >= 0.3 is 0 Å². The number of carbonyl (C=O) groups is 1. The first-order valence-corrected chi connectivity index (χ1v) is 10.8. The fourth-order valence-electron chi connectivity index (χ4n) is 3.84. The van der Waals surface area contributed by atoms with Crippen LogP contribution in [0.25, 0.3) is 22.2 Å². The summed E-state index contributed by atoms with van der Waals surface area (Å²) < 4.78 is 11.8. The molecule has 0 saturated heterocycles. The predicted molar refractivity (Wildman–Crippen MR) is 127 cm³/mol. The normalized spacial score (nSPS) is 12.0. The standard InChI is InChI=1S/C25H26N4O4/c1-6-20(24(30)26-19-9-7-8-14(2)15(19)3)29-25(31)23-21(16(4)33-28-23)22(27-29)17-10-12-18(32-5)13-11-17/h7-13,20H,6H2,1-5H3,(H,26,30)/t20-/m0/s1. The molecule has 0 aliphatic heterocycles. The van der Waals surface area contributed by atoms with Crippen LogP contribution in [0.4, 0.5) is 5.69 Å². The van der Waals surface area contributed by atoms with Crippen molar-refractivity contribution in [3.05, 3.63) is 69.7 Å². The lowest BCUT2D eigenvalue weighted by Crippen LogP contribution is -2.35. The molecule has 0 fully saturated rings. The lowest BCUT2D eigenvalue weighted by Gasteiger charge is -2.19. The van der Waals surface area contributed by atoms with Gasteiger partial charge in [0, 0.05) is 11.3 Å². The van der Waals surface area contributed by atoms with Gasteiger partial charge in [-0.1, -0.05) is 24.2 Å². The quantitative estimate of drug-likeness (QED) is 0.466. The van der Waals surface area contributed by atoms with Crippen LogP contribution in [0.15, 0.2) is 51.8 Å². The number of carbonyl (C=O) groups excluding carboxylic acids is 1. The van der Waals surface area contributed by atoms with Crippen molar-refractivity contribution in [2.45, 2.75) is 40.2 Å². The fourth-order valence-corrected chi connectivity index (χ4v) is 3.84. The summed E-state index contributed by atoms with van der Waals surface area (Å²) in [5.74, 6) is 0.867. The molecule has 0 bridgehead atoms. The Morgan fingerprint density at radius 2 is 1.88 bits per heavy atom. The Hall–Kier alpha value is -3.94. The van der Waals surface area contributed by atoms with Gasteiger partial charge in [-0.25, -0.2) is 4.68 Å². The number of nitrogens with zero attached hydrogens (tertiary/aromatic N) is 3. The Bertz CT molecular complexity index is 1390. The molecule has 0 aliphatic rings. The van der Waals surface area contributed by atoms with E-state index in [9.17, 15) is 9.59 Å². The summed E-state index contributed by atoms with van der Waals surface area (Å²) in [6, 6.07) is 12.2. The number of hydrogen-bond acceptors (Lipinski definition) is 6. The molecule has 8 heteroatoms. The predicted octanol–water partition coefficient (Wildman–Crippen LogP) is 4.58. The molecule has 1 amide bonds. The number of ether oxygens (including phenoxy) is 1. The first-order chi connectivity index (χ1) is 15.8. The number of aryl methyl sites for hydroxylation is 2. The zero-order valence-electron chi connectivity index (χ0n) is 19.3. The van der Waals surface area contributed by atoms with Crippen LogP contribution in [-0.2, 0) is 4.79 Å². The van der Waals surface area contributed by atoms with Crippen LogP contribution in [0.2, 0.25) is 0 Å². The second kappa shape index (κ2) is 8.90. The van der Waals surface area contributed by atoms with E-state index in [0.717, 1.165) is 16.7 Å². The molecule has 0 aliphatic carbocycles. The summed E-state index contributed by atoms with van der Waals surface area (Å²) in [5.41, 5.74) is 3.70. The van der Waals surface area contributed by atoms with Crippen LogP contribution >= 0.6 is 0 Å². The monoisotopic (exact) mass is 446 g/mol. The highest BCUT2D eigenvalue weighted by molar-refractivity contribution is 5.96. The topological polar surface area (TPSA) is 99.2 Å². The summed E-state index contributed by atoms with van der Waals surface area (Å²) in [4.78, 5) is 26.5. The van der Waals surface area contributed by atoms with Crippen molar-refractivity contribution in [2.75, 3.05) is 12.4 Å². The van der Waals surface area contributed by atoms with Crippen molar-refractivity contribution in [1.82, 2.24) is 14.9 Å². The largest absolute Gasteiger partial charge is 0.497 e. The summed E-state index contributed by atoms with van der Waals surface area (Å²) in [6.07, 6.45) is 0.369. The van der Waals surface area contributed by atoms with Gasteiger partial charge in [-0.3, -0.25) is 9.59 Å². The van der Waals surface area contributed by atoms with E-state index >= 15 is 0 Å². The van der Waals surface area contributed by atoms with E-state index in [4.69, 9.17) is 9.26 Å². The first kappa shape index (κ1) is 22.3. The average Bonchev–Trinajstić information content (AvgIpc) is 3.21. The smallest absolute Gasteiger partial charge is 0.297 e. The van der Waals surface area contributed by atoms with E-state index in [1.165, 1.54) is 4.68 Å². The molecule has 0 saturated carbocycles. The Labute approximate surface area is 191 Å². The fraction of sp³-hybridized carbons (Fsp3) is 0.280. The van der Waals surface area contributed by atoms with Crippen molar-refractivity contribution >= 4 is 22.5 Å². The van der Waals surface area contributed by atoms with Gasteiger partial charge in [0.2, 0.25) is 5.91 Å². The van der Waals surface area contributed by atoms with Crippen LogP contribution < -0.4 is 15.6 Å². The molecule has 2 aromatic heterocycles. The van der Waals surface area contributed by atoms with Crippen LogP contribution in [-0.4, -0.2) is 28.0 Å². The van der Waals surface area contributed by atoms with Gasteiger partial charge in [-0.15, -0.1) is 0 Å². The average molecular weight is 447 g/mol. The molecule has 4 aromatic rings. The minimum Gasteiger partial charge on any atom is -0.497 e. The van der Waals surface area contributed by atoms with E-state index in [1.807, 2.05) is 63.2 Å². The van der Waals surface area contributed by atoms with Gasteiger partial charge in [-0.05, 0) is 68.7 Å². The van der Waals surface area contributed by atoms with Crippen LogP contribution in [0.5, 0.6) is 5.75 Å². The molecular formula is C25H26N4O4. The summed E-state index contributed by atoms with van der Waals surface area (Å²) in [5, 5.41) is 12.1. The molecule has 170 valence electrons. The Balaban J connectivity index is 1.83. The number of nitrogens with one attached hydrogen (secondary N) is 1. The minimum atomic E-state index is -0.823. The lowest BCUT2D eigenvalue weighted by molar-refractivity contribution is -0.119. The van der Waals surface area contributed by atoms with Crippen molar-refractivity contribution in [1.29, 1.82) is 0 Å². The van der Waals surface area contributed by atoms with Crippen LogP contribution in [0, 0.1) is 20.8 Å². The number of fused-ring (bicyclic) bond motifs is 1. The maximum absolute atomic E-state index is 13.3. The van der Waals surface area contributed by atoms with Crippen molar-refractivity contribution < 1.29 is 14.1 Å². The molecular weight excluding hydrogens is 420 g/mol. The second-order valence-corrected chi connectivity index (χ2v) is 7.95. The molecule has 1 N–H and O–H groups in total. The maximum Gasteiger partial charge on any atom is 0.297 e. The van der Waals surface area contributed by atoms with E-state index in [0.29, 0.717) is 34.7 Å². The second-order valence-electron chi connectivity index (χ2n) is 7.95. The minimum absolute atomic E-state index is 0.145. The van der Waals surface area contributed by atoms with E-state index in [-0.39, 0.29) is 11.4 Å². The number of hydrogen-bond donors (Lipinski definition) is 1. The zero-order chi connectivity index (χ0) is 23.7. The van der Waals surface area contributed by atoms with Crippen LogP contribution in [0.1, 0.15) is 36.3 Å². The molecule has 0 radical (unpaired) electrons. The Morgan fingerprint density at radius 1 is 1.15 bits per heavy atom. The van der Waals surface area contributed by atoms with Gasteiger partial charge in [0.1, 0.15) is 23.2 Å². The van der Waals surface area contributed by atoms with E-state index < -0.39 is 11.6 Å². The highest BCUT2D eigenvalue weighted by atomic mass is 16.5. The first-order valence-electron chi connectivity index (χ1n) is 10.8. The maximum atomic E-state index is 13.3. The number of aromatic nitrogens is 3. The van der Waals surface area contributed by atoms with Gasteiger partial charge in [0.15, 0.2) is 5.52 Å². The number of benzene rings is 2. The molecule has 2 aromatic carbocycles. The van der Waals surface area contributed by atoms with Crippen molar-refractivity contribution in [3.8, 4) is 17.0 Å². The SMILES string of the molecule is CC[C@@H](C(=O)Nc1cccc(C)c1C)n1nc(-c2ccc(OC)cc2)c2c(C)onc2c1=O. The zero-order valence-corrected chi connectivity index (χ0v) is 19.3. The third kappa shape index (κ3) is 4.00. The summed E-state index contributed by atoms with van der Waals surface area (Å²) in [7, 11) is 1.59. The number of amides is 1. The molecule has 1 atom stereocenters. The van der Waals surface area contributed by atoms with Gasteiger partial charge in [0.25, 0.3) is 5.56 Å².